The van der Waals surface area contributed by atoms with Crippen molar-refractivity contribution in [1.82, 2.24) is 10.4 Å². The highest BCUT2D eigenvalue weighted by molar-refractivity contribution is 5.73. The highest BCUT2D eigenvalue weighted by atomic mass is 16.5. The zero-order chi connectivity index (χ0) is 13.7. The molecule has 2 saturated carbocycles. The summed E-state index contributed by atoms with van der Waals surface area (Å²) in [5.41, 5.74) is 3.45. The van der Waals surface area contributed by atoms with Crippen molar-refractivity contribution in [3.8, 4) is 0 Å². The Morgan fingerprint density at radius 1 is 1.37 bits per heavy atom. The maximum Gasteiger partial charge on any atom is 0.310 e. The first kappa shape index (κ1) is 14.5. The van der Waals surface area contributed by atoms with Crippen LogP contribution in [0.15, 0.2) is 12.7 Å². The number of hydrazine groups is 1. The number of carbonyl (C=O) groups is 1. The summed E-state index contributed by atoms with van der Waals surface area (Å²) < 4.78 is 5.23. The number of carbonyl (C=O) groups excluding carboxylic acids is 1. The fourth-order valence-corrected chi connectivity index (χ4v) is 3.15. The summed E-state index contributed by atoms with van der Waals surface area (Å²) >= 11 is 0. The van der Waals surface area contributed by atoms with Gasteiger partial charge < -0.3 is 4.74 Å². The Hall–Kier alpha value is -0.870. The molecule has 2 rings (SSSR count). The predicted octanol–water partition coefficient (Wildman–Crippen LogP) is 2.26. The zero-order valence-corrected chi connectivity index (χ0v) is 11.9. The molecule has 0 aromatic heterocycles. The van der Waals surface area contributed by atoms with Crippen molar-refractivity contribution in [2.24, 2.45) is 5.92 Å². The molecule has 4 heteroatoms. The molecule has 0 saturated heterocycles. The van der Waals surface area contributed by atoms with Crippen molar-refractivity contribution < 1.29 is 9.53 Å². The second kappa shape index (κ2) is 7.06. The van der Waals surface area contributed by atoms with Crippen molar-refractivity contribution in [2.45, 2.75) is 57.5 Å². The van der Waals surface area contributed by atoms with E-state index in [1.54, 1.807) is 0 Å². The zero-order valence-electron chi connectivity index (χ0n) is 11.9. The van der Waals surface area contributed by atoms with Crippen molar-refractivity contribution in [2.75, 3.05) is 13.2 Å². The monoisotopic (exact) mass is 266 g/mol. The van der Waals surface area contributed by atoms with Crippen LogP contribution in [0.1, 0.15) is 45.4 Å². The van der Waals surface area contributed by atoms with Crippen LogP contribution in [0.3, 0.4) is 0 Å². The van der Waals surface area contributed by atoms with Crippen molar-refractivity contribution in [1.29, 1.82) is 0 Å². The van der Waals surface area contributed by atoms with E-state index < -0.39 is 0 Å². The minimum Gasteiger partial charge on any atom is -0.466 e. The first-order valence-corrected chi connectivity index (χ1v) is 7.57. The van der Waals surface area contributed by atoms with Crippen LogP contribution >= 0.6 is 0 Å². The molecule has 0 bridgehead atoms. The van der Waals surface area contributed by atoms with Gasteiger partial charge in [-0.15, -0.1) is 6.58 Å². The van der Waals surface area contributed by atoms with Crippen molar-refractivity contribution >= 4 is 5.97 Å². The van der Waals surface area contributed by atoms with Crippen LogP contribution in [0.4, 0.5) is 0 Å². The van der Waals surface area contributed by atoms with Gasteiger partial charge in [0.15, 0.2) is 0 Å². The van der Waals surface area contributed by atoms with Crippen molar-refractivity contribution in [3.05, 3.63) is 12.7 Å². The average molecular weight is 266 g/mol. The number of ether oxygens (including phenoxy) is 1. The smallest absolute Gasteiger partial charge is 0.310 e. The van der Waals surface area contributed by atoms with Crippen LogP contribution < -0.4 is 5.43 Å². The number of esters is 1. The molecule has 108 valence electrons. The molecule has 2 atom stereocenters. The number of hydrogen-bond donors (Lipinski definition) is 1. The van der Waals surface area contributed by atoms with Gasteiger partial charge >= 0.3 is 5.97 Å². The molecule has 0 aromatic rings. The van der Waals surface area contributed by atoms with Crippen LogP contribution in [0.5, 0.6) is 0 Å². The van der Waals surface area contributed by atoms with Crippen LogP contribution in [0.2, 0.25) is 0 Å². The third-order valence-electron chi connectivity index (χ3n) is 4.31. The van der Waals surface area contributed by atoms with Gasteiger partial charge in [0.1, 0.15) is 0 Å². The van der Waals surface area contributed by atoms with Gasteiger partial charge in [0.2, 0.25) is 0 Å². The highest BCUT2D eigenvalue weighted by Crippen LogP contribution is 2.35. The number of nitrogens with one attached hydrogen (secondary N) is 1. The maximum absolute atomic E-state index is 12.1. The average Bonchev–Trinajstić information content (AvgIpc) is 2.81. The van der Waals surface area contributed by atoms with E-state index in [1.165, 1.54) is 19.3 Å². The molecule has 0 radical (unpaired) electrons. The lowest BCUT2D eigenvalue weighted by Crippen LogP contribution is -2.56. The van der Waals surface area contributed by atoms with E-state index in [9.17, 15) is 4.79 Å². The molecule has 0 amide bonds. The van der Waals surface area contributed by atoms with Gasteiger partial charge in [0, 0.05) is 18.6 Å². The van der Waals surface area contributed by atoms with Crippen LogP contribution in [-0.2, 0) is 9.53 Å². The highest BCUT2D eigenvalue weighted by Gasteiger charge is 2.41. The topological polar surface area (TPSA) is 41.6 Å². The molecule has 0 spiro atoms. The number of rotatable bonds is 7. The van der Waals surface area contributed by atoms with Crippen LogP contribution in [0.25, 0.3) is 0 Å². The third kappa shape index (κ3) is 3.37. The Morgan fingerprint density at radius 3 is 2.68 bits per heavy atom. The molecule has 1 N–H and O–H groups in total. The number of nitrogens with zero attached hydrogens (tertiary/aromatic N) is 1. The Bertz CT molecular complexity index is 315. The summed E-state index contributed by atoms with van der Waals surface area (Å²) in [6, 6.07) is 0.879. The standard InChI is InChI=1S/C15H26N2O2/c1-3-11-16-17(12-7-5-8-12)14-10-6-9-13(14)15(18)19-4-2/h3,12-14,16H,1,4-11H2,2H3. The fraction of sp³-hybridized carbons (Fsp3) is 0.800. The minimum absolute atomic E-state index is 0.0188. The first-order chi connectivity index (χ1) is 9.27. The fourth-order valence-electron chi connectivity index (χ4n) is 3.15. The van der Waals surface area contributed by atoms with Crippen molar-refractivity contribution in [3.63, 3.8) is 0 Å². The molecule has 2 aliphatic carbocycles. The Morgan fingerprint density at radius 2 is 2.11 bits per heavy atom. The van der Waals surface area contributed by atoms with Gasteiger partial charge in [-0.1, -0.05) is 18.9 Å². The summed E-state index contributed by atoms with van der Waals surface area (Å²) in [7, 11) is 0. The normalized spacial score (nSPS) is 27.3. The number of hydrogen-bond acceptors (Lipinski definition) is 4. The molecule has 4 nitrogen and oxygen atoms in total. The van der Waals surface area contributed by atoms with Gasteiger partial charge in [-0.3, -0.25) is 10.2 Å². The SMILES string of the molecule is C=CCNN(C1CCC1)C1CCCC1C(=O)OCC. The largest absolute Gasteiger partial charge is 0.466 e. The van der Waals surface area contributed by atoms with E-state index >= 15 is 0 Å². The summed E-state index contributed by atoms with van der Waals surface area (Å²) in [6.07, 6.45) is 8.81. The van der Waals surface area contributed by atoms with Gasteiger partial charge in [0.05, 0.1) is 12.5 Å². The van der Waals surface area contributed by atoms with Crippen LogP contribution in [0, 0.1) is 5.92 Å². The van der Waals surface area contributed by atoms with Gasteiger partial charge in [-0.2, -0.15) is 0 Å². The lowest BCUT2D eigenvalue weighted by atomic mass is 9.90. The van der Waals surface area contributed by atoms with E-state index in [0.717, 1.165) is 25.8 Å². The van der Waals surface area contributed by atoms with Gasteiger partial charge in [0.25, 0.3) is 0 Å². The molecule has 2 fully saturated rings. The second-order valence-corrected chi connectivity index (χ2v) is 5.50. The minimum atomic E-state index is -0.0188. The van der Waals surface area contributed by atoms with E-state index in [0.29, 0.717) is 18.7 Å². The summed E-state index contributed by atoms with van der Waals surface area (Å²) in [4.78, 5) is 12.1. The Labute approximate surface area is 116 Å². The quantitative estimate of drug-likeness (QED) is 0.436. The molecule has 0 aromatic carbocycles. The van der Waals surface area contributed by atoms with Gasteiger partial charge in [-0.25, -0.2) is 5.01 Å². The lowest BCUT2D eigenvalue weighted by Gasteiger charge is -2.42. The van der Waals surface area contributed by atoms with Crippen LogP contribution in [-0.4, -0.2) is 36.2 Å². The summed E-state index contributed by atoms with van der Waals surface area (Å²) in [5, 5.41) is 2.33. The third-order valence-corrected chi connectivity index (χ3v) is 4.31. The van der Waals surface area contributed by atoms with Gasteiger partial charge in [-0.05, 0) is 32.6 Å². The lowest BCUT2D eigenvalue weighted by molar-refractivity contribution is -0.151. The molecular formula is C15H26N2O2. The summed E-state index contributed by atoms with van der Waals surface area (Å²) in [6.45, 7) is 6.89. The summed E-state index contributed by atoms with van der Waals surface area (Å²) in [5.74, 6) is 0.0209. The van der Waals surface area contributed by atoms with E-state index in [4.69, 9.17) is 4.74 Å². The first-order valence-electron chi connectivity index (χ1n) is 7.57. The second-order valence-electron chi connectivity index (χ2n) is 5.50. The molecule has 0 heterocycles. The molecule has 2 unspecified atom stereocenters. The molecule has 2 aliphatic rings. The Kier molecular flexibility index (Phi) is 5.40. The maximum atomic E-state index is 12.1. The van der Waals surface area contributed by atoms with E-state index in [1.807, 2.05) is 13.0 Å². The molecule has 0 aliphatic heterocycles. The molecule has 19 heavy (non-hydrogen) atoms. The van der Waals surface area contributed by atoms with E-state index in [2.05, 4.69) is 17.0 Å². The Balaban J connectivity index is 2.01. The predicted molar refractivity (Wildman–Crippen MR) is 75.4 cm³/mol. The molecular weight excluding hydrogens is 240 g/mol. The van der Waals surface area contributed by atoms with E-state index in [-0.39, 0.29) is 11.9 Å².